The second-order valence-electron chi connectivity index (χ2n) is 4.34. The smallest absolute Gasteiger partial charge is 0.237 e. The number of hydrogen-bond donors (Lipinski definition) is 0. The van der Waals surface area contributed by atoms with Crippen LogP contribution in [0.4, 0.5) is 0 Å². The Hall–Kier alpha value is -1.38. The zero-order chi connectivity index (χ0) is 14.6. The summed E-state index contributed by atoms with van der Waals surface area (Å²) in [5.74, 6) is 0.707. The zero-order valence-electron chi connectivity index (χ0n) is 11.2. The fraction of sp³-hybridized carbons (Fsp3) is 0.333. The van der Waals surface area contributed by atoms with Crippen LogP contribution in [0.2, 0.25) is 0 Å². The van der Waals surface area contributed by atoms with Gasteiger partial charge in [-0.15, -0.1) is 0 Å². The van der Waals surface area contributed by atoms with Gasteiger partial charge in [-0.25, -0.2) is 13.0 Å². The van der Waals surface area contributed by atoms with Crippen molar-refractivity contribution >= 4 is 21.6 Å². The summed E-state index contributed by atoms with van der Waals surface area (Å²) in [6, 6.07) is 8.14. The Kier molecular flexibility index (Phi) is 4.79. The first-order valence-corrected chi connectivity index (χ1v) is 8.39. The molecule has 2 aromatic rings. The zero-order valence-corrected chi connectivity index (χ0v) is 12.8. The lowest BCUT2D eigenvalue weighted by molar-refractivity contribution is 0.291. The molecule has 0 fully saturated rings. The average Bonchev–Trinajstić information content (AvgIpc) is 2.88. The van der Waals surface area contributed by atoms with Gasteiger partial charge in [0.2, 0.25) is 14.9 Å². The summed E-state index contributed by atoms with van der Waals surface area (Å²) in [6.45, 7) is 0.808. The summed E-state index contributed by atoms with van der Waals surface area (Å²) < 4.78 is 29.5. The maximum absolute atomic E-state index is 12.4. The van der Waals surface area contributed by atoms with E-state index in [4.69, 9.17) is 0 Å². The van der Waals surface area contributed by atoms with Crippen molar-refractivity contribution < 1.29 is 13.0 Å². The highest BCUT2D eigenvalue weighted by Gasteiger charge is 2.27. The fourth-order valence-electron chi connectivity index (χ4n) is 1.46. The molecule has 0 amide bonds. The third kappa shape index (κ3) is 3.38. The number of hydrogen-bond acceptors (Lipinski definition) is 7. The molecule has 1 aromatic heterocycles. The van der Waals surface area contributed by atoms with E-state index < -0.39 is 9.84 Å². The molecular formula is C12H15N3O3S2. The van der Waals surface area contributed by atoms with Gasteiger partial charge in [0.15, 0.2) is 5.03 Å². The van der Waals surface area contributed by atoms with Gasteiger partial charge in [-0.2, -0.15) is 0 Å². The number of nitrogens with zero attached hydrogens (tertiary/aromatic N) is 3. The van der Waals surface area contributed by atoms with Gasteiger partial charge in [-0.05, 0) is 36.5 Å². The summed E-state index contributed by atoms with van der Waals surface area (Å²) in [5.41, 5.74) is 0. The Morgan fingerprint density at radius 1 is 1.20 bits per heavy atom. The van der Waals surface area contributed by atoms with Gasteiger partial charge in [-0.1, -0.05) is 30.0 Å². The minimum Gasteiger partial charge on any atom is -0.309 e. The van der Waals surface area contributed by atoms with Crippen LogP contribution in [0.25, 0.3) is 0 Å². The molecule has 0 atom stereocenters. The Bertz CT molecular complexity index is 654. The van der Waals surface area contributed by atoms with Crippen LogP contribution < -0.4 is 0 Å². The Labute approximate surface area is 122 Å². The van der Waals surface area contributed by atoms with Crippen LogP contribution >= 0.6 is 11.8 Å². The second-order valence-corrected chi connectivity index (χ2v) is 7.29. The van der Waals surface area contributed by atoms with E-state index in [9.17, 15) is 8.42 Å². The third-order valence-electron chi connectivity index (χ3n) is 2.52. The minimum atomic E-state index is -3.68. The summed E-state index contributed by atoms with van der Waals surface area (Å²) >= 11 is 1.32. The maximum atomic E-state index is 12.4. The van der Waals surface area contributed by atoms with E-state index in [-0.39, 0.29) is 9.92 Å². The highest BCUT2D eigenvalue weighted by atomic mass is 32.2. The van der Waals surface area contributed by atoms with E-state index in [1.165, 1.54) is 23.9 Å². The predicted octanol–water partition coefficient (Wildman–Crippen LogP) is 1.56. The summed E-state index contributed by atoms with van der Waals surface area (Å²) in [7, 11) is 0.217. The van der Waals surface area contributed by atoms with Gasteiger partial charge >= 0.3 is 0 Å². The number of aromatic nitrogens is 2. The van der Waals surface area contributed by atoms with E-state index in [2.05, 4.69) is 14.9 Å². The van der Waals surface area contributed by atoms with Crippen LogP contribution in [0, 0.1) is 0 Å². The topological polar surface area (TPSA) is 76.3 Å². The molecule has 20 heavy (non-hydrogen) atoms. The molecule has 1 aromatic carbocycles. The van der Waals surface area contributed by atoms with Crippen molar-refractivity contribution in [3.8, 4) is 0 Å². The van der Waals surface area contributed by atoms with Gasteiger partial charge in [0, 0.05) is 12.3 Å². The van der Waals surface area contributed by atoms with Crippen LogP contribution in [0.5, 0.6) is 0 Å². The van der Waals surface area contributed by atoms with Crippen LogP contribution in [-0.4, -0.2) is 50.0 Å². The molecule has 0 bridgehead atoms. The molecule has 1 heterocycles. The summed E-state index contributed by atoms with van der Waals surface area (Å²) in [6.07, 6.45) is 0. The molecule has 0 saturated heterocycles. The largest absolute Gasteiger partial charge is 0.309 e. The quantitative estimate of drug-likeness (QED) is 0.749. The third-order valence-corrected chi connectivity index (χ3v) is 5.24. The van der Waals surface area contributed by atoms with Crippen LogP contribution in [-0.2, 0) is 9.84 Å². The Morgan fingerprint density at radius 2 is 1.90 bits per heavy atom. The average molecular weight is 313 g/mol. The van der Waals surface area contributed by atoms with Crippen molar-refractivity contribution in [3.05, 3.63) is 30.3 Å². The minimum absolute atomic E-state index is 0.118. The molecule has 0 aliphatic heterocycles. The first kappa shape index (κ1) is 15.0. The van der Waals surface area contributed by atoms with Crippen molar-refractivity contribution in [2.75, 3.05) is 26.4 Å². The second kappa shape index (κ2) is 6.38. The summed E-state index contributed by atoms with van der Waals surface area (Å²) in [5, 5.41) is 7.42. The van der Waals surface area contributed by atoms with Crippen LogP contribution in [0.3, 0.4) is 0 Å². The molecule has 0 N–H and O–H groups in total. The van der Waals surface area contributed by atoms with Gasteiger partial charge in [-0.3, -0.25) is 0 Å². The van der Waals surface area contributed by atoms with Gasteiger partial charge < -0.3 is 4.90 Å². The molecule has 0 saturated carbocycles. The lowest BCUT2D eigenvalue weighted by atomic mass is 10.4. The Morgan fingerprint density at radius 3 is 2.55 bits per heavy atom. The lowest BCUT2D eigenvalue weighted by Gasteiger charge is -2.07. The van der Waals surface area contributed by atoms with Crippen LogP contribution in [0.1, 0.15) is 0 Å². The molecule has 0 aliphatic carbocycles. The molecule has 0 radical (unpaired) electrons. The molecule has 0 spiro atoms. The molecule has 6 nitrogen and oxygen atoms in total. The number of thioether (sulfide) groups is 1. The van der Waals surface area contributed by atoms with Gasteiger partial charge in [0.05, 0.1) is 4.90 Å². The normalized spacial score (nSPS) is 11.9. The SMILES string of the molecule is CN(C)CCSc1nonc1S(=O)(=O)c1ccccc1. The summed E-state index contributed by atoms with van der Waals surface area (Å²) in [4.78, 5) is 2.19. The number of rotatable bonds is 6. The van der Waals surface area contributed by atoms with Crippen molar-refractivity contribution in [2.24, 2.45) is 0 Å². The predicted molar refractivity (Wildman–Crippen MR) is 75.5 cm³/mol. The van der Waals surface area contributed by atoms with Crippen molar-refractivity contribution in [1.29, 1.82) is 0 Å². The lowest BCUT2D eigenvalue weighted by Crippen LogP contribution is -2.15. The molecule has 108 valence electrons. The standard InChI is InChI=1S/C12H15N3O3S2/c1-15(2)8-9-19-11-12(14-18-13-11)20(16,17)10-6-4-3-5-7-10/h3-7H,8-9H2,1-2H3. The monoisotopic (exact) mass is 313 g/mol. The Balaban J connectivity index is 2.23. The first-order valence-electron chi connectivity index (χ1n) is 5.92. The number of sulfone groups is 1. The van der Waals surface area contributed by atoms with Gasteiger partial charge in [0.25, 0.3) is 0 Å². The highest BCUT2D eigenvalue weighted by molar-refractivity contribution is 8.00. The van der Waals surface area contributed by atoms with E-state index >= 15 is 0 Å². The molecular weight excluding hydrogens is 298 g/mol. The highest BCUT2D eigenvalue weighted by Crippen LogP contribution is 2.27. The van der Waals surface area contributed by atoms with E-state index in [1.54, 1.807) is 18.2 Å². The van der Waals surface area contributed by atoms with Crippen LogP contribution in [0.15, 0.2) is 49.9 Å². The molecule has 0 unspecified atom stereocenters. The van der Waals surface area contributed by atoms with Gasteiger partial charge in [0.1, 0.15) is 0 Å². The first-order chi connectivity index (χ1) is 9.51. The molecule has 2 rings (SSSR count). The molecule has 0 aliphatic rings. The van der Waals surface area contributed by atoms with E-state index in [0.717, 1.165) is 6.54 Å². The van der Waals surface area contributed by atoms with E-state index in [0.29, 0.717) is 10.8 Å². The maximum Gasteiger partial charge on any atom is 0.237 e. The van der Waals surface area contributed by atoms with E-state index in [1.807, 2.05) is 19.0 Å². The number of benzene rings is 1. The van der Waals surface area contributed by atoms with Crippen molar-refractivity contribution in [3.63, 3.8) is 0 Å². The van der Waals surface area contributed by atoms with Crippen molar-refractivity contribution in [1.82, 2.24) is 15.2 Å². The fourth-order valence-corrected chi connectivity index (χ4v) is 4.00. The van der Waals surface area contributed by atoms with Crippen molar-refractivity contribution in [2.45, 2.75) is 14.9 Å². The molecule has 8 heteroatoms.